The maximum Gasteiger partial charge on any atom is 0.120 e. The predicted octanol–water partition coefficient (Wildman–Crippen LogP) is 21.5. The van der Waals surface area contributed by atoms with Crippen LogP contribution in [0.3, 0.4) is 0 Å². The lowest BCUT2D eigenvalue weighted by atomic mass is 9.80. The lowest BCUT2D eigenvalue weighted by Crippen LogP contribution is -2.10. The quantitative estimate of drug-likeness (QED) is 0.0356. The van der Waals surface area contributed by atoms with E-state index < -0.39 is 0 Å². The summed E-state index contributed by atoms with van der Waals surface area (Å²) in [6, 6.07) is 78.6. The van der Waals surface area contributed by atoms with E-state index in [9.17, 15) is 15.0 Å². The van der Waals surface area contributed by atoms with Gasteiger partial charge in [-0.05, 0) is 181 Å². The Morgan fingerprint density at radius 3 is 1.18 bits per heavy atom. The first kappa shape index (κ1) is 69.1. The zero-order chi connectivity index (χ0) is 71.3. The largest absolute Gasteiger partial charge is 0.396 e. The summed E-state index contributed by atoms with van der Waals surface area (Å²) in [6.45, 7) is 0.571. The third kappa shape index (κ3) is 14.7. The van der Waals surface area contributed by atoms with Crippen LogP contribution < -0.4 is 0 Å². The van der Waals surface area contributed by atoms with Crippen molar-refractivity contribution in [3.05, 3.63) is 324 Å². The van der Waals surface area contributed by atoms with Crippen molar-refractivity contribution in [2.75, 3.05) is 19.8 Å². The number of nitrogens with one attached hydrogen (secondary N) is 9. The second-order valence-electron chi connectivity index (χ2n) is 27.7. The van der Waals surface area contributed by atoms with Gasteiger partial charge in [0.05, 0.1) is 0 Å². The second-order valence-corrected chi connectivity index (χ2v) is 27.7. The van der Waals surface area contributed by atoms with Gasteiger partial charge in [0.15, 0.2) is 0 Å². The van der Waals surface area contributed by atoms with Crippen molar-refractivity contribution in [2.45, 2.75) is 101 Å². The number of H-pyrrole nitrogens is 9. The number of aromatic nitrogens is 9. The Morgan fingerprint density at radius 1 is 0.352 bits per heavy atom. The van der Waals surface area contributed by atoms with E-state index in [2.05, 4.69) is 294 Å². The number of para-hydroxylation sites is 9. The summed E-state index contributed by atoms with van der Waals surface area (Å²) in [5.74, 6) is 1.52. The van der Waals surface area contributed by atoms with Crippen LogP contribution in [0.4, 0.5) is 0 Å². The molecule has 105 heavy (non-hydrogen) atoms. The number of hydrogen-bond acceptors (Lipinski definition) is 4. The fourth-order valence-electron chi connectivity index (χ4n) is 16.5. The van der Waals surface area contributed by atoms with Gasteiger partial charge in [0.25, 0.3) is 0 Å². The Balaban J connectivity index is 0.000000105. The van der Waals surface area contributed by atoms with Crippen molar-refractivity contribution in [3.63, 3.8) is 0 Å². The molecule has 13 heteroatoms. The Morgan fingerprint density at radius 2 is 0.724 bits per heavy atom. The molecule has 528 valence electrons. The smallest absolute Gasteiger partial charge is 0.120 e. The Kier molecular flexibility index (Phi) is 21.6. The molecule has 9 heterocycles. The third-order valence-corrected chi connectivity index (χ3v) is 21.4. The molecule has 0 spiro atoms. The van der Waals surface area contributed by atoms with Gasteiger partial charge in [-0.2, -0.15) is 0 Å². The molecule has 13 nitrogen and oxygen atoms in total. The van der Waals surface area contributed by atoms with E-state index in [-0.39, 0.29) is 31.7 Å². The molecule has 2 aliphatic carbocycles. The van der Waals surface area contributed by atoms with Gasteiger partial charge in [0, 0.05) is 197 Å². The number of aliphatic hydroxyl groups is 3. The van der Waals surface area contributed by atoms with Crippen LogP contribution in [0.2, 0.25) is 0 Å². The standard InChI is InChI=1S/2C20H20N2O.2C20H18N2.C8H7N.C4H8O2/c2*23-11-5-8-14(17-12-21-19-9-3-1-6-15(17)19)18-13-22-20-10-4-2-7-16(18)20;1-3-10-18-14(7-1)17(12-21-18)16-9-5-8-15-13-6-2-4-11-19(13)22-20(15)16;1-3-9-17-13(6-1)16(12-21-17)14-8-5-11-19-20(14)15-7-2-4-10-18(15)22-19;1-2-4-8-7(3-1)5-6-9-8;5-3-1-2-4-6/h2*1-4,6-7,9-10,12-14,21-23H,5,8,11H2;1-4,6-7,10-12,16,21-22H,5,8-9H2;1-4,6-7,9-10,12,14,21-22H,5,8,11H2;1-6,9H;3,6H,1-2,4H2. The van der Waals surface area contributed by atoms with Crippen molar-refractivity contribution in [3.8, 4) is 0 Å². The molecule has 2 atom stereocenters. The highest BCUT2D eigenvalue weighted by molar-refractivity contribution is 5.93. The maximum absolute atomic E-state index is 9.45. The average Bonchev–Trinajstić information content (AvgIpc) is 1.52. The summed E-state index contributed by atoms with van der Waals surface area (Å²) < 4.78 is 0. The molecule has 0 bridgehead atoms. The summed E-state index contributed by atoms with van der Waals surface area (Å²) >= 11 is 0. The number of aliphatic hydroxyl groups excluding tert-OH is 3. The van der Waals surface area contributed by atoms with Gasteiger partial charge in [-0.3, -0.25) is 0 Å². The molecule has 12 N–H and O–H groups in total. The van der Waals surface area contributed by atoms with Crippen molar-refractivity contribution in [2.24, 2.45) is 0 Å². The number of rotatable bonds is 15. The highest BCUT2D eigenvalue weighted by atomic mass is 16.3. The summed E-state index contributed by atoms with van der Waals surface area (Å²) in [7, 11) is 0. The number of aldehydes is 1. The molecular formula is C92H91N9O4. The van der Waals surface area contributed by atoms with E-state index in [0.29, 0.717) is 24.7 Å². The van der Waals surface area contributed by atoms with Crippen LogP contribution >= 0.6 is 0 Å². The van der Waals surface area contributed by atoms with Crippen LogP contribution in [0.25, 0.3) is 98.1 Å². The van der Waals surface area contributed by atoms with E-state index in [0.717, 1.165) is 54.0 Å². The molecule has 0 aliphatic heterocycles. The molecule has 0 radical (unpaired) electrons. The van der Waals surface area contributed by atoms with Crippen LogP contribution in [0, 0.1) is 0 Å². The zero-order valence-electron chi connectivity index (χ0n) is 59.1. The lowest BCUT2D eigenvalue weighted by Gasteiger charge is -2.23. The van der Waals surface area contributed by atoms with E-state index in [1.807, 2.05) is 18.3 Å². The number of carbonyl (C=O) groups excluding carboxylic acids is 1. The number of benzene rings is 9. The number of aromatic amines is 9. The van der Waals surface area contributed by atoms with Gasteiger partial charge >= 0.3 is 0 Å². The van der Waals surface area contributed by atoms with Crippen LogP contribution in [-0.4, -0.2) is 86.3 Å². The van der Waals surface area contributed by atoms with Gasteiger partial charge in [-0.15, -0.1) is 0 Å². The molecule has 9 aromatic heterocycles. The fourth-order valence-corrected chi connectivity index (χ4v) is 16.5. The summed E-state index contributed by atoms with van der Waals surface area (Å²) in [4.78, 5) is 40.3. The van der Waals surface area contributed by atoms with Gasteiger partial charge in [0.2, 0.25) is 0 Å². The van der Waals surface area contributed by atoms with Crippen LogP contribution in [0.5, 0.6) is 0 Å². The van der Waals surface area contributed by atoms with Crippen molar-refractivity contribution >= 4 is 104 Å². The molecule has 2 unspecified atom stereocenters. The van der Waals surface area contributed by atoms with Gasteiger partial charge < -0.3 is 65.0 Å². The minimum Gasteiger partial charge on any atom is -0.396 e. The lowest BCUT2D eigenvalue weighted by molar-refractivity contribution is -0.108. The van der Waals surface area contributed by atoms with E-state index in [1.54, 1.807) is 0 Å². The SMILES string of the molecule is O=CCCCO.OCCCC(c1c[nH]c2ccccc12)c1c[nH]c2ccccc12.OCCCC(c1c[nH]c2ccccc12)c1c[nH]c2ccccc12.c1ccc2[nH]ccc2c1.c1ccc2c(C3CCCc4[nH]c5ccccc5c43)c[nH]c2c1.c1ccc2c(C3CCCc4c3[nH]c3ccccc43)c[nH]c2c1. The maximum atomic E-state index is 9.45. The first-order valence-corrected chi connectivity index (χ1v) is 37.3. The van der Waals surface area contributed by atoms with E-state index in [1.165, 1.54) is 170 Å². The average molecular weight is 1390 g/mol. The van der Waals surface area contributed by atoms with Gasteiger partial charge in [-0.25, -0.2) is 0 Å². The normalized spacial score (nSPS) is 14.0. The summed E-state index contributed by atoms with van der Waals surface area (Å²) in [5.41, 5.74) is 24.9. The molecule has 0 amide bonds. The number of hydrogen-bond donors (Lipinski definition) is 12. The second kappa shape index (κ2) is 32.8. The monoisotopic (exact) mass is 1390 g/mol. The third-order valence-electron chi connectivity index (χ3n) is 21.4. The predicted molar refractivity (Wildman–Crippen MR) is 433 cm³/mol. The minimum atomic E-state index is 0.124. The van der Waals surface area contributed by atoms with E-state index in [4.69, 9.17) is 5.11 Å². The molecule has 20 rings (SSSR count). The molecule has 18 aromatic rings. The molecule has 0 saturated carbocycles. The highest BCUT2D eigenvalue weighted by Crippen LogP contribution is 2.45. The van der Waals surface area contributed by atoms with Crippen molar-refractivity contribution in [1.82, 2.24) is 44.9 Å². The highest BCUT2D eigenvalue weighted by Gasteiger charge is 2.30. The number of carbonyl (C=O) groups is 1. The number of fused-ring (bicyclic) bond motifs is 13. The summed E-state index contributed by atoms with van der Waals surface area (Å²) in [6.07, 6.45) is 27.5. The fraction of sp³-hybridized carbons (Fsp3) is 0.207. The van der Waals surface area contributed by atoms with Crippen LogP contribution in [0.1, 0.15) is 144 Å². The van der Waals surface area contributed by atoms with Crippen LogP contribution in [-0.2, 0) is 17.6 Å². The Labute approximate surface area is 610 Å². The molecule has 0 saturated heterocycles. The number of aryl methyl sites for hydroxylation is 2. The topological polar surface area (TPSA) is 220 Å². The minimum absolute atomic E-state index is 0.124. The first-order valence-electron chi connectivity index (χ1n) is 37.3. The van der Waals surface area contributed by atoms with Crippen LogP contribution in [0.15, 0.2) is 268 Å². The summed E-state index contributed by atoms with van der Waals surface area (Å²) in [5, 5.41) is 38.5. The zero-order valence-corrected chi connectivity index (χ0v) is 59.1. The molecular weight excluding hydrogens is 1300 g/mol. The molecule has 0 fully saturated rings. The van der Waals surface area contributed by atoms with Gasteiger partial charge in [-0.1, -0.05) is 164 Å². The van der Waals surface area contributed by atoms with Crippen molar-refractivity contribution < 1.29 is 20.1 Å². The van der Waals surface area contributed by atoms with Gasteiger partial charge in [0.1, 0.15) is 6.29 Å². The van der Waals surface area contributed by atoms with E-state index >= 15 is 0 Å². The first-order chi connectivity index (χ1) is 52.0. The number of unbranched alkanes of at least 4 members (excludes halogenated alkanes) is 1. The Hall–Kier alpha value is -11.6. The molecule has 9 aromatic carbocycles. The van der Waals surface area contributed by atoms with Crippen molar-refractivity contribution in [1.29, 1.82) is 0 Å². The molecule has 2 aliphatic rings. The Bertz CT molecular complexity index is 5500.